The molecule has 8 atom stereocenters. The Balaban J connectivity index is 1.23. The summed E-state index contributed by atoms with van der Waals surface area (Å²) in [6, 6.07) is 11.4. The molecule has 3 saturated carbocycles. The van der Waals surface area contributed by atoms with Gasteiger partial charge >= 0.3 is 5.97 Å². The van der Waals surface area contributed by atoms with Gasteiger partial charge in [-0.05, 0) is 151 Å². The lowest BCUT2D eigenvalue weighted by atomic mass is 9.46. The van der Waals surface area contributed by atoms with Crippen molar-refractivity contribution in [2.45, 2.75) is 111 Å². The first kappa shape index (κ1) is 33.7. The molecule has 3 fully saturated rings. The van der Waals surface area contributed by atoms with Crippen molar-refractivity contribution in [1.82, 2.24) is 0 Å². The summed E-state index contributed by atoms with van der Waals surface area (Å²) in [6.07, 6.45) is 19.8. The summed E-state index contributed by atoms with van der Waals surface area (Å²) in [4.78, 5) is 11.3. The Labute approximate surface area is 283 Å². The zero-order valence-corrected chi connectivity index (χ0v) is 29.4. The van der Waals surface area contributed by atoms with Crippen molar-refractivity contribution in [1.29, 1.82) is 0 Å². The summed E-state index contributed by atoms with van der Waals surface area (Å²) < 4.78 is 6.46. The Morgan fingerprint density at radius 1 is 0.979 bits per heavy atom. The van der Waals surface area contributed by atoms with E-state index in [9.17, 15) is 9.90 Å². The number of fused-ring (bicyclic) bond motifs is 5. The number of rotatable bonds is 10. The van der Waals surface area contributed by atoms with Gasteiger partial charge in [0.1, 0.15) is 11.5 Å². The van der Waals surface area contributed by atoms with E-state index in [-0.39, 0.29) is 5.41 Å². The first-order valence-corrected chi connectivity index (χ1v) is 18.5. The maximum absolute atomic E-state index is 11.3. The van der Waals surface area contributed by atoms with Crippen LogP contribution >= 0.6 is 0 Å². The summed E-state index contributed by atoms with van der Waals surface area (Å²) in [5.41, 5.74) is 17.7. The summed E-state index contributed by atoms with van der Waals surface area (Å²) in [5, 5.41) is 9.27. The number of ether oxygens (including phenoxy) is 1. The molecule has 0 saturated heterocycles. The average molecular weight is 639 g/mol. The summed E-state index contributed by atoms with van der Waals surface area (Å²) in [7, 11) is 0. The van der Waals surface area contributed by atoms with Crippen molar-refractivity contribution in [2.75, 3.05) is 11.5 Å². The molecular weight excluding hydrogens is 580 g/mol. The SMILES string of the molecule is CC(C)CCC[C@@H](C)[C@H]1CC[C@H]2[C@@H]3CC=C4C[C@@H](c5cc(/C=C/C(=O)O)ccc5Oc5ccc(N)cc5N)CC[C@]4(C)[C@H]3CC[C@]12C. The molecule has 5 nitrogen and oxygen atoms in total. The minimum absolute atomic E-state index is 0.255. The molecule has 0 unspecified atom stereocenters. The Morgan fingerprint density at radius 3 is 2.51 bits per heavy atom. The van der Waals surface area contributed by atoms with E-state index in [0.717, 1.165) is 65.2 Å². The molecule has 0 heterocycles. The second-order valence-corrected chi connectivity index (χ2v) is 16.6. The average Bonchev–Trinajstić information content (AvgIpc) is 3.38. The van der Waals surface area contributed by atoms with Gasteiger partial charge in [0.25, 0.3) is 0 Å². The fourth-order valence-corrected chi connectivity index (χ4v) is 11.0. The highest BCUT2D eigenvalue weighted by atomic mass is 16.5. The molecule has 5 heteroatoms. The molecule has 47 heavy (non-hydrogen) atoms. The fourth-order valence-electron chi connectivity index (χ4n) is 11.0. The first-order valence-electron chi connectivity index (χ1n) is 18.5. The number of anilines is 2. The molecule has 0 aromatic heterocycles. The number of hydrogen-bond donors (Lipinski definition) is 3. The number of aliphatic carboxylic acids is 1. The van der Waals surface area contributed by atoms with Crippen LogP contribution in [0.4, 0.5) is 11.4 Å². The van der Waals surface area contributed by atoms with Gasteiger partial charge in [0.2, 0.25) is 0 Å². The molecule has 4 aliphatic rings. The number of hydrogen-bond acceptors (Lipinski definition) is 4. The molecular formula is C42H58N2O3. The Bertz CT molecular complexity index is 1530. The second-order valence-electron chi connectivity index (χ2n) is 16.6. The van der Waals surface area contributed by atoms with E-state index in [4.69, 9.17) is 16.2 Å². The quantitative estimate of drug-likeness (QED) is 0.137. The van der Waals surface area contributed by atoms with Gasteiger partial charge in [0.05, 0.1) is 5.69 Å². The van der Waals surface area contributed by atoms with E-state index in [1.54, 1.807) is 23.8 Å². The third kappa shape index (κ3) is 6.61. The van der Waals surface area contributed by atoms with Crippen LogP contribution in [-0.2, 0) is 4.79 Å². The van der Waals surface area contributed by atoms with Crippen LogP contribution in [0.1, 0.15) is 122 Å². The molecule has 0 amide bonds. The minimum Gasteiger partial charge on any atom is -0.478 e. The monoisotopic (exact) mass is 638 g/mol. The lowest BCUT2D eigenvalue weighted by molar-refractivity contribution is -0.131. The number of benzene rings is 2. The van der Waals surface area contributed by atoms with E-state index >= 15 is 0 Å². The molecule has 2 aromatic carbocycles. The zero-order chi connectivity index (χ0) is 33.5. The predicted molar refractivity (Wildman–Crippen MR) is 194 cm³/mol. The van der Waals surface area contributed by atoms with Gasteiger partial charge in [-0.25, -0.2) is 4.79 Å². The summed E-state index contributed by atoms with van der Waals surface area (Å²) >= 11 is 0. The van der Waals surface area contributed by atoms with Crippen LogP contribution in [0.3, 0.4) is 0 Å². The largest absolute Gasteiger partial charge is 0.478 e. The molecule has 6 rings (SSSR count). The smallest absolute Gasteiger partial charge is 0.328 e. The third-order valence-corrected chi connectivity index (χ3v) is 13.5. The van der Waals surface area contributed by atoms with Crippen LogP contribution < -0.4 is 16.2 Å². The number of nitrogens with two attached hydrogens (primary N) is 2. The van der Waals surface area contributed by atoms with Crippen molar-refractivity contribution < 1.29 is 14.6 Å². The van der Waals surface area contributed by atoms with Crippen molar-refractivity contribution >= 4 is 23.4 Å². The normalized spacial score (nSPS) is 32.4. The van der Waals surface area contributed by atoms with Gasteiger partial charge in [-0.3, -0.25) is 0 Å². The fraction of sp³-hybridized carbons (Fsp3) is 0.595. The minimum atomic E-state index is -0.949. The van der Waals surface area contributed by atoms with E-state index < -0.39 is 5.97 Å². The van der Waals surface area contributed by atoms with Gasteiger partial charge in [0, 0.05) is 11.8 Å². The highest BCUT2D eigenvalue weighted by molar-refractivity contribution is 5.85. The highest BCUT2D eigenvalue weighted by Gasteiger charge is 2.59. The lowest BCUT2D eigenvalue weighted by Crippen LogP contribution is -2.50. The van der Waals surface area contributed by atoms with Crippen LogP contribution in [0, 0.1) is 46.3 Å². The van der Waals surface area contributed by atoms with Gasteiger partial charge in [-0.2, -0.15) is 0 Å². The molecule has 2 aromatic rings. The van der Waals surface area contributed by atoms with E-state index in [1.165, 1.54) is 63.9 Å². The number of carboxylic acids is 1. The number of carbonyl (C=O) groups is 1. The summed E-state index contributed by atoms with van der Waals surface area (Å²) in [5.74, 6) is 5.68. The highest BCUT2D eigenvalue weighted by Crippen LogP contribution is 2.68. The Hall–Kier alpha value is -3.21. The predicted octanol–water partition coefficient (Wildman–Crippen LogP) is 10.9. The molecule has 0 spiro atoms. The standard InChI is InChI=1S/C42H58N2O3/c1-26(2)7-6-8-27(3)34-14-15-35-32-13-11-30-24-29(19-21-41(30,4)36(32)20-22-42(34,35)5)33-23-28(10-18-40(45)46)9-16-38(33)47-39-17-12-31(43)25-37(39)44/h9-12,16-18,23,25-27,29,32,34-36H,6-8,13-15,19-22,24,43-44H2,1-5H3,(H,45,46)/b18-10+/t27-,29+,32+,34-,35+,36+,41+,42-/m1/s1. The number of allylic oxidation sites excluding steroid dienone is 2. The Kier molecular flexibility index (Phi) is 9.57. The van der Waals surface area contributed by atoms with Gasteiger partial charge in [-0.15, -0.1) is 0 Å². The van der Waals surface area contributed by atoms with Crippen LogP contribution in [0.25, 0.3) is 6.08 Å². The first-order chi connectivity index (χ1) is 22.4. The summed E-state index contributed by atoms with van der Waals surface area (Å²) in [6.45, 7) is 12.6. The van der Waals surface area contributed by atoms with E-state index in [2.05, 4.69) is 46.8 Å². The van der Waals surface area contributed by atoms with Crippen LogP contribution in [0.2, 0.25) is 0 Å². The van der Waals surface area contributed by atoms with Gasteiger partial charge < -0.3 is 21.3 Å². The number of nitrogen functional groups attached to an aromatic ring is 2. The maximum atomic E-state index is 11.3. The Morgan fingerprint density at radius 2 is 1.77 bits per heavy atom. The number of carboxylic acid groups (broad SMARTS) is 1. The van der Waals surface area contributed by atoms with Gasteiger partial charge in [0.15, 0.2) is 0 Å². The van der Waals surface area contributed by atoms with Crippen molar-refractivity contribution in [3.05, 3.63) is 65.3 Å². The second kappa shape index (κ2) is 13.4. The third-order valence-electron chi connectivity index (χ3n) is 13.5. The van der Waals surface area contributed by atoms with Crippen molar-refractivity contribution in [2.24, 2.45) is 46.3 Å². The molecule has 5 N–H and O–H groups in total. The van der Waals surface area contributed by atoms with Crippen LogP contribution in [0.15, 0.2) is 54.1 Å². The molecule has 4 aliphatic carbocycles. The molecule has 0 radical (unpaired) electrons. The van der Waals surface area contributed by atoms with Crippen molar-refractivity contribution in [3.63, 3.8) is 0 Å². The van der Waals surface area contributed by atoms with Crippen molar-refractivity contribution in [3.8, 4) is 11.5 Å². The maximum Gasteiger partial charge on any atom is 0.328 e. The van der Waals surface area contributed by atoms with Gasteiger partial charge in [-0.1, -0.05) is 71.6 Å². The van der Waals surface area contributed by atoms with Crippen LogP contribution in [0.5, 0.6) is 11.5 Å². The van der Waals surface area contributed by atoms with E-state index in [0.29, 0.717) is 28.5 Å². The zero-order valence-electron chi connectivity index (χ0n) is 29.4. The topological polar surface area (TPSA) is 98.6 Å². The molecule has 0 bridgehead atoms. The molecule has 254 valence electrons. The molecule has 0 aliphatic heterocycles. The van der Waals surface area contributed by atoms with Crippen LogP contribution in [-0.4, -0.2) is 11.1 Å². The lowest BCUT2D eigenvalue weighted by Gasteiger charge is -2.58. The van der Waals surface area contributed by atoms with E-state index in [1.807, 2.05) is 18.2 Å².